The van der Waals surface area contributed by atoms with Gasteiger partial charge in [0, 0.05) is 42.4 Å². The first-order valence-electron chi connectivity index (χ1n) is 11.4. The Hall–Kier alpha value is -3.55. The number of aryl methyl sites for hydroxylation is 1. The first-order valence-corrected chi connectivity index (χ1v) is 11.8. The van der Waals surface area contributed by atoms with Crippen LogP contribution in [0.5, 0.6) is 0 Å². The van der Waals surface area contributed by atoms with Crippen LogP contribution in [-0.2, 0) is 17.8 Å². The average molecular weight is 515 g/mol. The van der Waals surface area contributed by atoms with Crippen LogP contribution in [0.25, 0.3) is 0 Å². The molecule has 1 aliphatic heterocycles. The number of aromatic amines is 1. The molecule has 1 aromatic carbocycles. The number of hydrogen-bond donors (Lipinski definition) is 3. The predicted molar refractivity (Wildman–Crippen MR) is 130 cm³/mol. The van der Waals surface area contributed by atoms with Crippen molar-refractivity contribution in [3.05, 3.63) is 69.5 Å². The summed E-state index contributed by atoms with van der Waals surface area (Å²) in [5.74, 6) is -1.77. The number of halogens is 3. The van der Waals surface area contributed by atoms with Gasteiger partial charge in [-0.25, -0.2) is 13.8 Å². The van der Waals surface area contributed by atoms with Crippen molar-refractivity contribution in [2.75, 3.05) is 11.9 Å². The molecule has 4 rings (SSSR count). The third-order valence-electron chi connectivity index (χ3n) is 6.66. The lowest BCUT2D eigenvalue weighted by Crippen LogP contribution is -2.50. The number of pyridine rings is 1. The van der Waals surface area contributed by atoms with E-state index >= 15 is 4.39 Å². The molecule has 0 radical (unpaired) electrons. The van der Waals surface area contributed by atoms with Crippen LogP contribution in [0.3, 0.4) is 0 Å². The fourth-order valence-corrected chi connectivity index (χ4v) is 4.90. The zero-order valence-corrected chi connectivity index (χ0v) is 20.5. The molecule has 1 aliphatic rings. The lowest BCUT2D eigenvalue weighted by molar-refractivity contribution is -0.153. The molecule has 188 valence electrons. The molecule has 2 aromatic heterocycles. The van der Waals surface area contributed by atoms with Crippen LogP contribution in [0, 0.1) is 35.3 Å². The Balaban J connectivity index is 1.58. The molecular formula is C25H25ClF2N6O2. The standard InChI is InChI=1S/C25H25ClF2N6O2/c1-14-8-21(33-32-14)31-20-9-17(12-29)23(28)19(30-20)11-25(24(35)36)6-7-34(15(2)10-25)13-16-4-3-5-18(26)22(16)27/h3-5,8-9,15H,6-7,10-11,13H2,1-2H3,(H,35,36)(H2,30,31,32,33)/t15-,25-/m1/s1. The molecule has 1 fully saturated rings. The number of piperidine rings is 1. The van der Waals surface area contributed by atoms with E-state index in [0.717, 1.165) is 5.69 Å². The highest BCUT2D eigenvalue weighted by Crippen LogP contribution is 2.40. The molecule has 3 aromatic rings. The van der Waals surface area contributed by atoms with Gasteiger partial charge in [-0.15, -0.1) is 0 Å². The molecule has 2 atom stereocenters. The molecule has 0 unspecified atom stereocenters. The van der Waals surface area contributed by atoms with Crippen molar-refractivity contribution >= 4 is 29.2 Å². The van der Waals surface area contributed by atoms with Crippen molar-refractivity contribution in [3.63, 3.8) is 0 Å². The topological polar surface area (TPSA) is 118 Å². The van der Waals surface area contributed by atoms with E-state index in [9.17, 15) is 19.6 Å². The first-order chi connectivity index (χ1) is 17.1. The van der Waals surface area contributed by atoms with E-state index in [-0.39, 0.29) is 53.9 Å². The van der Waals surface area contributed by atoms with Crippen LogP contribution in [0.15, 0.2) is 30.3 Å². The molecule has 0 aliphatic carbocycles. The summed E-state index contributed by atoms with van der Waals surface area (Å²) in [4.78, 5) is 18.8. The summed E-state index contributed by atoms with van der Waals surface area (Å²) in [6.07, 6.45) is 0.208. The van der Waals surface area contributed by atoms with Gasteiger partial charge >= 0.3 is 5.97 Å². The highest BCUT2D eigenvalue weighted by Gasteiger charge is 2.45. The predicted octanol–water partition coefficient (Wildman–Crippen LogP) is 4.96. The van der Waals surface area contributed by atoms with Crippen LogP contribution in [-0.4, -0.2) is 43.7 Å². The van der Waals surface area contributed by atoms with Gasteiger partial charge < -0.3 is 10.4 Å². The third kappa shape index (κ3) is 5.17. The second-order valence-corrected chi connectivity index (χ2v) is 9.64. The fraction of sp³-hybridized carbons (Fsp3) is 0.360. The maximum atomic E-state index is 15.1. The summed E-state index contributed by atoms with van der Waals surface area (Å²) < 4.78 is 29.6. The summed E-state index contributed by atoms with van der Waals surface area (Å²) in [5, 5.41) is 29.4. The van der Waals surface area contributed by atoms with Crippen LogP contribution in [0.1, 0.15) is 42.3 Å². The Morgan fingerprint density at radius 1 is 1.36 bits per heavy atom. The molecule has 8 nitrogen and oxygen atoms in total. The summed E-state index contributed by atoms with van der Waals surface area (Å²) in [5.41, 5.74) is -0.422. The van der Waals surface area contributed by atoms with Gasteiger partial charge in [-0.1, -0.05) is 23.7 Å². The zero-order chi connectivity index (χ0) is 26.0. The Morgan fingerprint density at radius 2 is 2.14 bits per heavy atom. The zero-order valence-electron chi connectivity index (χ0n) is 19.8. The fourth-order valence-electron chi connectivity index (χ4n) is 4.71. The number of carbonyl (C=O) groups is 1. The Morgan fingerprint density at radius 3 is 2.78 bits per heavy atom. The number of nitriles is 1. The van der Waals surface area contributed by atoms with Gasteiger partial charge in [0.25, 0.3) is 0 Å². The van der Waals surface area contributed by atoms with E-state index in [1.165, 1.54) is 12.1 Å². The van der Waals surface area contributed by atoms with E-state index in [0.29, 0.717) is 17.9 Å². The van der Waals surface area contributed by atoms with Gasteiger partial charge in [0.15, 0.2) is 11.6 Å². The quantitative estimate of drug-likeness (QED) is 0.408. The van der Waals surface area contributed by atoms with Gasteiger partial charge in [-0.05, 0) is 39.3 Å². The highest BCUT2D eigenvalue weighted by atomic mass is 35.5. The van der Waals surface area contributed by atoms with E-state index < -0.39 is 23.0 Å². The van der Waals surface area contributed by atoms with Crippen molar-refractivity contribution < 1.29 is 18.7 Å². The molecule has 3 heterocycles. The number of nitrogens with zero attached hydrogens (tertiary/aromatic N) is 4. The van der Waals surface area contributed by atoms with Crippen molar-refractivity contribution in [2.24, 2.45) is 5.41 Å². The summed E-state index contributed by atoms with van der Waals surface area (Å²) in [6.45, 7) is 4.31. The minimum absolute atomic E-state index is 0.0328. The molecule has 36 heavy (non-hydrogen) atoms. The Labute approximate surface area is 211 Å². The van der Waals surface area contributed by atoms with Crippen molar-refractivity contribution in [1.29, 1.82) is 5.26 Å². The van der Waals surface area contributed by atoms with E-state index in [1.54, 1.807) is 18.2 Å². The maximum Gasteiger partial charge on any atom is 0.310 e. The SMILES string of the molecule is Cc1cc(Nc2cc(C#N)c(F)c(C[C@@]3(C(=O)O)CCN(Cc4cccc(Cl)c4F)[C@H](C)C3)n2)n[nH]1. The number of likely N-dealkylation sites (tertiary alicyclic amines) is 1. The first kappa shape index (κ1) is 25.5. The van der Waals surface area contributed by atoms with E-state index in [2.05, 4.69) is 20.5 Å². The number of carboxylic acid groups (broad SMARTS) is 1. The number of aromatic nitrogens is 3. The lowest BCUT2D eigenvalue weighted by Gasteiger charge is -2.43. The van der Waals surface area contributed by atoms with Crippen molar-refractivity contribution in [1.82, 2.24) is 20.1 Å². The molecule has 3 N–H and O–H groups in total. The lowest BCUT2D eigenvalue weighted by atomic mass is 9.72. The van der Waals surface area contributed by atoms with Gasteiger partial charge in [0.2, 0.25) is 0 Å². The number of anilines is 2. The van der Waals surface area contributed by atoms with E-state index in [4.69, 9.17) is 11.6 Å². The summed E-state index contributed by atoms with van der Waals surface area (Å²) in [7, 11) is 0. The minimum atomic E-state index is -1.30. The number of nitrogens with one attached hydrogen (secondary N) is 2. The summed E-state index contributed by atoms with van der Waals surface area (Å²) in [6, 6.07) is 9.35. The Bertz CT molecular complexity index is 1340. The minimum Gasteiger partial charge on any atom is -0.481 e. The average Bonchev–Trinajstić information content (AvgIpc) is 3.24. The van der Waals surface area contributed by atoms with Crippen molar-refractivity contribution in [3.8, 4) is 6.07 Å². The normalized spacial score (nSPS) is 20.2. The van der Waals surface area contributed by atoms with Gasteiger partial charge in [0.05, 0.1) is 21.7 Å². The van der Waals surface area contributed by atoms with Crippen molar-refractivity contribution in [2.45, 2.75) is 45.7 Å². The monoisotopic (exact) mass is 514 g/mol. The van der Waals surface area contributed by atoms with Gasteiger partial charge in [-0.3, -0.25) is 14.8 Å². The number of benzene rings is 1. The van der Waals surface area contributed by atoms with Crippen LogP contribution in [0.2, 0.25) is 5.02 Å². The molecule has 11 heteroatoms. The largest absolute Gasteiger partial charge is 0.481 e. The number of H-pyrrole nitrogens is 1. The third-order valence-corrected chi connectivity index (χ3v) is 6.95. The number of aliphatic carboxylic acids is 1. The van der Waals surface area contributed by atoms with Crippen LogP contribution < -0.4 is 5.32 Å². The van der Waals surface area contributed by atoms with Gasteiger partial charge in [-0.2, -0.15) is 10.4 Å². The molecule has 0 bridgehead atoms. The van der Waals surface area contributed by atoms with Crippen LogP contribution in [0.4, 0.5) is 20.4 Å². The van der Waals surface area contributed by atoms with E-state index in [1.807, 2.05) is 24.8 Å². The molecule has 0 saturated carbocycles. The highest BCUT2D eigenvalue weighted by molar-refractivity contribution is 6.30. The smallest absolute Gasteiger partial charge is 0.310 e. The Kier molecular flexibility index (Phi) is 7.24. The molecular weight excluding hydrogens is 490 g/mol. The number of rotatable bonds is 7. The number of carboxylic acids is 1. The number of hydrogen-bond acceptors (Lipinski definition) is 6. The molecule has 0 amide bonds. The molecule has 0 spiro atoms. The summed E-state index contributed by atoms with van der Waals surface area (Å²) >= 11 is 5.90. The van der Waals surface area contributed by atoms with Crippen LogP contribution >= 0.6 is 11.6 Å². The molecule has 1 saturated heterocycles. The maximum absolute atomic E-state index is 15.1. The second kappa shape index (κ2) is 10.2. The van der Waals surface area contributed by atoms with Gasteiger partial charge in [0.1, 0.15) is 17.7 Å². The second-order valence-electron chi connectivity index (χ2n) is 9.24.